The molecule has 9 nitrogen and oxygen atoms in total. The Balaban J connectivity index is 1.25. The third-order valence-electron chi connectivity index (χ3n) is 6.37. The number of anilines is 1. The minimum Gasteiger partial charge on any atom is -0.494 e. The van der Waals surface area contributed by atoms with Crippen LogP contribution in [0.15, 0.2) is 72.7 Å². The van der Waals surface area contributed by atoms with E-state index in [0.29, 0.717) is 12.1 Å². The molecule has 4 rings (SSSR count). The van der Waals surface area contributed by atoms with Gasteiger partial charge in [0.25, 0.3) is 5.91 Å². The second-order valence-corrected chi connectivity index (χ2v) is 11.8. The van der Waals surface area contributed by atoms with Crippen molar-refractivity contribution in [1.82, 2.24) is 19.5 Å². The zero-order valence-corrected chi connectivity index (χ0v) is 23.1. The summed E-state index contributed by atoms with van der Waals surface area (Å²) in [5, 5.41) is 3.94. The number of ether oxygens (including phenoxy) is 1. The van der Waals surface area contributed by atoms with E-state index in [4.69, 9.17) is 9.72 Å². The van der Waals surface area contributed by atoms with E-state index in [1.165, 1.54) is 40.7 Å². The van der Waals surface area contributed by atoms with Crippen molar-refractivity contribution < 1.29 is 17.9 Å². The molecule has 0 saturated carbocycles. The van der Waals surface area contributed by atoms with Gasteiger partial charge in [0.15, 0.2) is 5.13 Å². The first-order chi connectivity index (χ1) is 18.4. The molecule has 1 N–H and O–H groups in total. The Kier molecular flexibility index (Phi) is 9.16. The number of sulfonamides is 1. The van der Waals surface area contributed by atoms with Crippen molar-refractivity contribution in [1.29, 1.82) is 0 Å². The molecule has 0 bridgehead atoms. The Bertz CT molecular complexity index is 1370. The fourth-order valence-corrected chi connectivity index (χ4v) is 6.71. The second kappa shape index (κ2) is 12.5. The summed E-state index contributed by atoms with van der Waals surface area (Å²) in [6.45, 7) is 12.3. The molecule has 3 aromatic rings. The van der Waals surface area contributed by atoms with Gasteiger partial charge >= 0.3 is 0 Å². The molecule has 1 aliphatic rings. The Labute approximate surface area is 228 Å². The number of carbonyl (C=O) groups excluding carboxylic acids is 1. The highest BCUT2D eigenvalue weighted by Gasteiger charge is 2.23. The number of nitrogens with one attached hydrogen (secondary N) is 1. The van der Waals surface area contributed by atoms with Crippen molar-refractivity contribution >= 4 is 42.6 Å². The SMILES string of the molecule is C=CCN(CC=C)S(=O)(=O)c1ccc(C(=O)NCCN2CCN(c3nc4c(OC)cccc4s3)CC2)cc1. The highest BCUT2D eigenvalue weighted by Crippen LogP contribution is 2.34. The van der Waals surface area contributed by atoms with Gasteiger partial charge in [-0.1, -0.05) is 29.6 Å². The summed E-state index contributed by atoms with van der Waals surface area (Å²) in [6.07, 6.45) is 3.06. The Morgan fingerprint density at radius 1 is 1.11 bits per heavy atom. The lowest BCUT2D eigenvalue weighted by atomic mass is 10.2. The van der Waals surface area contributed by atoms with Crippen molar-refractivity contribution in [3.05, 3.63) is 73.3 Å². The summed E-state index contributed by atoms with van der Waals surface area (Å²) in [5.74, 6) is 0.558. The largest absolute Gasteiger partial charge is 0.494 e. The number of nitrogens with zero attached hydrogens (tertiary/aromatic N) is 4. The van der Waals surface area contributed by atoms with E-state index < -0.39 is 10.0 Å². The van der Waals surface area contributed by atoms with Crippen LogP contribution in [-0.4, -0.2) is 88.0 Å². The van der Waals surface area contributed by atoms with Crippen LogP contribution in [0.25, 0.3) is 10.2 Å². The maximum atomic E-state index is 12.8. The zero-order chi connectivity index (χ0) is 27.1. The molecule has 38 heavy (non-hydrogen) atoms. The summed E-state index contributed by atoms with van der Waals surface area (Å²) in [5.41, 5.74) is 1.32. The van der Waals surface area contributed by atoms with Crippen molar-refractivity contribution in [3.63, 3.8) is 0 Å². The van der Waals surface area contributed by atoms with Gasteiger partial charge in [0.1, 0.15) is 11.3 Å². The summed E-state index contributed by atoms with van der Waals surface area (Å²) in [6, 6.07) is 12.0. The average molecular weight is 556 g/mol. The van der Waals surface area contributed by atoms with E-state index in [-0.39, 0.29) is 23.9 Å². The van der Waals surface area contributed by atoms with Gasteiger partial charge in [-0.25, -0.2) is 13.4 Å². The van der Waals surface area contributed by atoms with E-state index in [2.05, 4.69) is 34.3 Å². The smallest absolute Gasteiger partial charge is 0.251 e. The third kappa shape index (κ3) is 6.24. The molecule has 1 fully saturated rings. The van der Waals surface area contributed by atoms with Crippen molar-refractivity contribution in [3.8, 4) is 5.75 Å². The van der Waals surface area contributed by atoms with Gasteiger partial charge in [-0.15, -0.1) is 13.2 Å². The molecule has 0 spiro atoms. The van der Waals surface area contributed by atoms with Crippen molar-refractivity contribution in [2.45, 2.75) is 4.90 Å². The molecule has 0 aliphatic carbocycles. The molecule has 2 heterocycles. The average Bonchev–Trinajstić information content (AvgIpc) is 3.38. The monoisotopic (exact) mass is 555 g/mol. The van der Waals surface area contributed by atoms with E-state index in [0.717, 1.165) is 53.8 Å². The van der Waals surface area contributed by atoms with Gasteiger partial charge < -0.3 is 15.0 Å². The van der Waals surface area contributed by atoms with Crippen LogP contribution in [0.2, 0.25) is 0 Å². The molecule has 1 aliphatic heterocycles. The van der Waals surface area contributed by atoms with Crippen LogP contribution in [0, 0.1) is 0 Å². The van der Waals surface area contributed by atoms with Crippen LogP contribution in [0.5, 0.6) is 5.75 Å². The van der Waals surface area contributed by atoms with Gasteiger partial charge in [0, 0.05) is 57.9 Å². The van der Waals surface area contributed by atoms with Crippen molar-refractivity contribution in [2.24, 2.45) is 0 Å². The van der Waals surface area contributed by atoms with E-state index in [9.17, 15) is 13.2 Å². The first-order valence-electron chi connectivity index (χ1n) is 12.4. The predicted molar refractivity (Wildman–Crippen MR) is 153 cm³/mol. The maximum absolute atomic E-state index is 12.8. The van der Waals surface area contributed by atoms with Gasteiger partial charge in [-0.2, -0.15) is 4.31 Å². The van der Waals surface area contributed by atoms with Crippen LogP contribution in [-0.2, 0) is 10.0 Å². The van der Waals surface area contributed by atoms with Crippen molar-refractivity contribution in [2.75, 3.05) is 64.4 Å². The molecular formula is C27H33N5O4S2. The van der Waals surface area contributed by atoms with Gasteiger partial charge in [-0.3, -0.25) is 9.69 Å². The highest BCUT2D eigenvalue weighted by atomic mass is 32.2. The quantitative estimate of drug-likeness (QED) is 0.343. The first kappa shape index (κ1) is 27.8. The lowest BCUT2D eigenvalue weighted by Gasteiger charge is -2.34. The van der Waals surface area contributed by atoms with E-state index >= 15 is 0 Å². The number of amides is 1. The maximum Gasteiger partial charge on any atom is 0.251 e. The van der Waals surface area contributed by atoms with Crippen LogP contribution in [0.1, 0.15) is 10.4 Å². The number of carbonyl (C=O) groups is 1. The van der Waals surface area contributed by atoms with Crippen LogP contribution in [0.3, 0.4) is 0 Å². The number of benzene rings is 2. The fraction of sp³-hybridized carbons (Fsp3) is 0.333. The number of hydrogen-bond donors (Lipinski definition) is 1. The molecule has 1 saturated heterocycles. The number of aromatic nitrogens is 1. The van der Waals surface area contributed by atoms with E-state index in [1.807, 2.05) is 12.1 Å². The van der Waals surface area contributed by atoms with Gasteiger partial charge in [-0.05, 0) is 36.4 Å². The second-order valence-electron chi connectivity index (χ2n) is 8.81. The summed E-state index contributed by atoms with van der Waals surface area (Å²) in [4.78, 5) is 22.1. The third-order valence-corrected chi connectivity index (χ3v) is 9.29. The highest BCUT2D eigenvalue weighted by molar-refractivity contribution is 7.89. The summed E-state index contributed by atoms with van der Waals surface area (Å²) in [7, 11) is -2.04. The zero-order valence-electron chi connectivity index (χ0n) is 21.5. The number of thiazole rings is 1. The van der Waals surface area contributed by atoms with Crippen LogP contribution in [0.4, 0.5) is 5.13 Å². The topological polar surface area (TPSA) is 95.1 Å². The molecule has 1 amide bonds. The Hall–Kier alpha value is -3.25. The molecule has 2 aromatic carbocycles. The molecule has 1 aromatic heterocycles. The molecular weight excluding hydrogens is 522 g/mol. The summed E-state index contributed by atoms with van der Waals surface area (Å²) < 4.78 is 33.5. The number of fused-ring (bicyclic) bond motifs is 1. The fourth-order valence-electron chi connectivity index (χ4n) is 4.29. The number of para-hydroxylation sites is 1. The first-order valence-corrected chi connectivity index (χ1v) is 14.6. The molecule has 11 heteroatoms. The number of rotatable bonds is 12. The molecule has 0 unspecified atom stereocenters. The lowest BCUT2D eigenvalue weighted by Crippen LogP contribution is -2.48. The minimum atomic E-state index is -3.70. The normalized spacial score (nSPS) is 14.5. The number of methoxy groups -OCH3 is 1. The minimum absolute atomic E-state index is 0.127. The lowest BCUT2D eigenvalue weighted by molar-refractivity contribution is 0.0947. The standard InChI is InChI=1S/C27H33N5O4S2/c1-4-14-32(15-5-2)38(34,35)22-11-9-21(10-12-22)26(33)28-13-16-30-17-19-31(20-18-30)27-29-25-23(36-3)7-6-8-24(25)37-27/h4-12H,1-2,13-20H2,3H3,(H,28,33). The number of hydrogen-bond acceptors (Lipinski definition) is 8. The predicted octanol–water partition coefficient (Wildman–Crippen LogP) is 3.22. The molecule has 0 radical (unpaired) electrons. The Morgan fingerprint density at radius 2 is 1.79 bits per heavy atom. The van der Waals surface area contributed by atoms with Crippen LogP contribution < -0.4 is 15.0 Å². The van der Waals surface area contributed by atoms with Crippen LogP contribution >= 0.6 is 11.3 Å². The molecule has 0 atom stereocenters. The van der Waals surface area contributed by atoms with E-state index in [1.54, 1.807) is 18.4 Å². The Morgan fingerprint density at radius 3 is 2.42 bits per heavy atom. The van der Waals surface area contributed by atoms with Gasteiger partial charge in [0.2, 0.25) is 10.0 Å². The molecule has 202 valence electrons. The summed E-state index contributed by atoms with van der Waals surface area (Å²) >= 11 is 1.67. The van der Waals surface area contributed by atoms with Gasteiger partial charge in [0.05, 0.1) is 16.7 Å². The number of piperazine rings is 1.